The van der Waals surface area contributed by atoms with E-state index in [0.29, 0.717) is 38.6 Å². The Labute approximate surface area is 267 Å². The van der Waals surface area contributed by atoms with Crippen molar-refractivity contribution in [2.24, 2.45) is 0 Å². The number of anilines is 1. The van der Waals surface area contributed by atoms with Crippen LogP contribution < -0.4 is 30.9 Å². The topological polar surface area (TPSA) is 173 Å². The van der Waals surface area contributed by atoms with Gasteiger partial charge in [0.05, 0.1) is 11.1 Å². The maximum Gasteiger partial charge on any atom is 0.304 e. The van der Waals surface area contributed by atoms with Crippen LogP contribution in [0.1, 0.15) is 74.2 Å². The Balaban J connectivity index is 1.80. The van der Waals surface area contributed by atoms with E-state index >= 15 is 0 Å². The third-order valence-corrected chi connectivity index (χ3v) is 11.7. The monoisotopic (exact) mass is 666 g/mol. The van der Waals surface area contributed by atoms with Crippen molar-refractivity contribution in [2.45, 2.75) is 74.2 Å². The lowest BCUT2D eigenvalue weighted by atomic mass is 9.78. The van der Waals surface area contributed by atoms with Crippen LogP contribution in [0.2, 0.25) is 0 Å². The maximum absolute atomic E-state index is 13.1. The van der Waals surface area contributed by atoms with Gasteiger partial charge in [-0.2, -0.15) is 16.8 Å². The van der Waals surface area contributed by atoms with Crippen molar-refractivity contribution in [3.8, 4) is 11.5 Å². The molecule has 0 saturated carbocycles. The standard InChI is InChI=1S/C33H35N3O8S2/c1-8-13-34-31(37)19-11-9-18(10-12-19)24-20-14-22-25(35-16(2)32(22,4)5)29(45(38,39)40)27(20)44-28-21(24)15-23-26(30(28)46(41,42)43)36-17(3)33(23,6)7/h8-12,14-17,35H,1,13H2,2-7H3,(H,34,37)(H,38,39,40)(H,41,42,43)/p+1. The molecular weight excluding hydrogens is 631 g/mol. The van der Waals surface area contributed by atoms with Crippen molar-refractivity contribution in [2.75, 3.05) is 11.9 Å². The van der Waals surface area contributed by atoms with Crippen LogP contribution in [0.15, 0.2) is 58.8 Å². The van der Waals surface area contributed by atoms with Gasteiger partial charge in [0.25, 0.3) is 16.0 Å². The molecule has 3 aliphatic rings. The number of rotatable bonds is 6. The summed E-state index contributed by atoms with van der Waals surface area (Å²) in [7, 11) is -9.91. The summed E-state index contributed by atoms with van der Waals surface area (Å²) in [6.07, 6.45) is 1.56. The molecule has 11 nitrogen and oxygen atoms in total. The zero-order valence-electron chi connectivity index (χ0n) is 26.3. The second-order valence-corrected chi connectivity index (χ2v) is 15.9. The van der Waals surface area contributed by atoms with Crippen molar-refractivity contribution in [3.63, 3.8) is 0 Å². The highest BCUT2D eigenvalue weighted by Gasteiger charge is 2.47. The molecule has 5 N–H and O–H groups in total. The first-order chi connectivity index (χ1) is 21.3. The summed E-state index contributed by atoms with van der Waals surface area (Å²) in [5.41, 5.74) is 1.79. The summed E-state index contributed by atoms with van der Waals surface area (Å²) < 4.78 is 80.1. The summed E-state index contributed by atoms with van der Waals surface area (Å²) in [6.45, 7) is 15.5. The van der Waals surface area contributed by atoms with Gasteiger partial charge in [-0.1, -0.05) is 32.1 Å². The van der Waals surface area contributed by atoms with E-state index in [1.165, 1.54) is 0 Å². The Bertz CT molecular complexity index is 2220. The molecule has 0 saturated heterocycles. The average Bonchev–Trinajstić information content (AvgIpc) is 3.32. The predicted octanol–water partition coefficient (Wildman–Crippen LogP) is 1.92. The lowest BCUT2D eigenvalue weighted by Gasteiger charge is -2.28. The molecule has 2 unspecified atom stereocenters. The van der Waals surface area contributed by atoms with Crippen LogP contribution in [0, 0.1) is 0 Å². The molecule has 3 aromatic rings. The number of hydrogen-bond donors (Lipinski definition) is 5. The fourth-order valence-electron chi connectivity index (χ4n) is 6.52. The molecule has 0 bridgehead atoms. The summed E-state index contributed by atoms with van der Waals surface area (Å²) in [4.78, 5) is 14.8. The zero-order valence-corrected chi connectivity index (χ0v) is 27.9. The molecule has 6 rings (SSSR count). The molecule has 0 aromatic heterocycles. The quantitative estimate of drug-likeness (QED) is 0.152. The van der Waals surface area contributed by atoms with Gasteiger partial charge in [0.15, 0.2) is 22.4 Å². The highest BCUT2D eigenvalue weighted by molar-refractivity contribution is 7.86. The van der Waals surface area contributed by atoms with Crippen LogP contribution >= 0.6 is 0 Å². The third-order valence-electron chi connectivity index (χ3n) is 9.85. The Hall–Kier alpha value is -4.04. The van der Waals surface area contributed by atoms with Gasteiger partial charge in [0.1, 0.15) is 0 Å². The molecule has 3 aromatic carbocycles. The molecule has 3 aliphatic heterocycles. The van der Waals surface area contributed by atoms with Gasteiger partial charge in [-0.05, 0) is 63.1 Å². The van der Waals surface area contributed by atoms with Crippen molar-refractivity contribution in [1.82, 2.24) is 5.32 Å². The van der Waals surface area contributed by atoms with Gasteiger partial charge in [-0.15, -0.1) is 6.58 Å². The zero-order chi connectivity index (χ0) is 33.7. The van der Waals surface area contributed by atoms with Gasteiger partial charge in [0, 0.05) is 45.5 Å². The van der Waals surface area contributed by atoms with E-state index in [9.17, 15) is 30.7 Å². The highest BCUT2D eigenvalue weighted by Crippen LogP contribution is 2.52. The van der Waals surface area contributed by atoms with Crippen LogP contribution in [0.5, 0.6) is 11.5 Å². The number of ether oxygens (including phenoxy) is 1. The molecule has 3 heterocycles. The average molecular weight is 667 g/mol. The minimum absolute atomic E-state index is 0.151. The van der Waals surface area contributed by atoms with Crippen LogP contribution in [0.3, 0.4) is 0 Å². The Morgan fingerprint density at radius 2 is 1.61 bits per heavy atom. The third kappa shape index (κ3) is 4.67. The second-order valence-electron chi connectivity index (χ2n) is 13.2. The molecule has 13 heteroatoms. The van der Waals surface area contributed by atoms with Gasteiger partial charge in [-0.25, -0.2) is 4.99 Å². The molecule has 0 radical (unpaired) electrons. The number of hydrogen-bond acceptors (Lipinski definition) is 7. The van der Waals surface area contributed by atoms with Crippen molar-refractivity contribution in [1.29, 1.82) is 0 Å². The van der Waals surface area contributed by atoms with Crippen molar-refractivity contribution >= 4 is 37.4 Å². The number of carbonyl (C=O) groups excluding carboxylic acids is 1. The summed E-state index contributed by atoms with van der Waals surface area (Å²) in [5, 5.41) is 6.34. The minimum atomic E-state index is -4.95. The largest absolute Gasteiger partial charge is 0.453 e. The fraction of sp³-hybridized carbons (Fsp3) is 0.333. The van der Waals surface area contributed by atoms with E-state index in [0.717, 1.165) is 0 Å². The van der Waals surface area contributed by atoms with Crippen molar-refractivity contribution < 1.29 is 40.5 Å². The van der Waals surface area contributed by atoms with Gasteiger partial charge in [0.2, 0.25) is 10.3 Å². The van der Waals surface area contributed by atoms with E-state index in [1.807, 2.05) is 41.5 Å². The van der Waals surface area contributed by atoms with E-state index in [-0.39, 0.29) is 47.1 Å². The van der Waals surface area contributed by atoms with Crippen LogP contribution in [-0.4, -0.2) is 50.5 Å². The van der Waals surface area contributed by atoms with E-state index in [4.69, 9.17) is 4.74 Å². The maximum atomic E-state index is 13.1. The lowest BCUT2D eigenvalue weighted by molar-refractivity contribution is -0.539. The minimum Gasteiger partial charge on any atom is -0.453 e. The molecule has 242 valence electrons. The molecule has 0 spiro atoms. The molecule has 46 heavy (non-hydrogen) atoms. The van der Waals surface area contributed by atoms with Gasteiger partial charge >= 0.3 is 10.1 Å². The number of nitrogens with one attached hydrogen (secondary N) is 3. The first-order valence-electron chi connectivity index (χ1n) is 14.8. The summed E-state index contributed by atoms with van der Waals surface area (Å²) in [5.74, 6) is -0.904. The first kappa shape index (κ1) is 31.9. The number of fused-ring (bicyclic) bond motifs is 4. The van der Waals surface area contributed by atoms with Crippen LogP contribution in [-0.2, 0) is 31.1 Å². The number of carbonyl (C=O) groups is 1. The number of benzene rings is 3. The molecule has 0 aliphatic carbocycles. The Morgan fingerprint density at radius 1 is 0.978 bits per heavy atom. The lowest BCUT2D eigenvalue weighted by Crippen LogP contribution is -2.81. The SMILES string of the molecule is C=CCNC(=O)c1ccc(C2=c3cc4c(c(S(=O)(=O)O)c3Oc3c2cc2c(c3S(=O)(=O)O)NC(C)C2(C)C)=[NH+]C(C)C4(C)C)cc1. The summed E-state index contributed by atoms with van der Waals surface area (Å²) in [6, 6.07) is 9.67. The first-order valence-corrected chi connectivity index (χ1v) is 17.6. The molecule has 1 amide bonds. The smallest absolute Gasteiger partial charge is 0.304 e. The molecular formula is C33H36N3O8S2+. The predicted molar refractivity (Wildman–Crippen MR) is 171 cm³/mol. The number of amides is 1. The Kier molecular flexibility index (Phi) is 7.10. The molecule has 2 atom stereocenters. The normalized spacial score (nSPS) is 20.3. The van der Waals surface area contributed by atoms with Gasteiger partial charge in [-0.3, -0.25) is 13.9 Å². The second kappa shape index (κ2) is 10.2. The van der Waals surface area contributed by atoms with E-state index in [1.54, 1.807) is 42.5 Å². The van der Waals surface area contributed by atoms with Crippen LogP contribution in [0.25, 0.3) is 5.57 Å². The van der Waals surface area contributed by atoms with Crippen molar-refractivity contribution in [3.05, 3.63) is 87.4 Å². The Morgan fingerprint density at radius 3 is 2.20 bits per heavy atom. The van der Waals surface area contributed by atoms with E-state index < -0.39 is 40.9 Å². The van der Waals surface area contributed by atoms with Crippen LogP contribution in [0.4, 0.5) is 5.69 Å². The highest BCUT2D eigenvalue weighted by atomic mass is 32.2. The molecule has 0 fully saturated rings. The summed E-state index contributed by atoms with van der Waals surface area (Å²) >= 11 is 0. The van der Waals surface area contributed by atoms with Gasteiger partial charge < -0.3 is 15.4 Å². The van der Waals surface area contributed by atoms with E-state index in [2.05, 4.69) is 22.2 Å². The fourth-order valence-corrected chi connectivity index (χ4v) is 8.15.